The molecule has 0 radical (unpaired) electrons. The minimum absolute atomic E-state index is 0.0503. The van der Waals surface area contributed by atoms with E-state index in [4.69, 9.17) is 11.6 Å². The Kier molecular flexibility index (Phi) is 4.61. The van der Waals surface area contributed by atoms with Crippen LogP contribution in [-0.2, 0) is 9.53 Å². The molecule has 0 saturated carbocycles. The average molecular weight is 180 g/mol. The van der Waals surface area contributed by atoms with Gasteiger partial charge in [0.15, 0.2) is 0 Å². The maximum absolute atomic E-state index is 10.6. The van der Waals surface area contributed by atoms with Crippen molar-refractivity contribution >= 4 is 23.7 Å². The first kappa shape index (κ1) is 10.2. The highest BCUT2D eigenvalue weighted by Gasteiger charge is 2.08. The van der Waals surface area contributed by atoms with Crippen LogP contribution in [0.15, 0.2) is 0 Å². The Labute approximate surface area is 69.9 Å². The predicted octanol–water partition coefficient (Wildman–Crippen LogP) is 0.886. The maximum atomic E-state index is 10.6. The van der Waals surface area contributed by atoms with Crippen LogP contribution in [0.5, 0.6) is 0 Å². The van der Waals surface area contributed by atoms with Gasteiger partial charge >= 0.3 is 12.1 Å². The van der Waals surface area contributed by atoms with Crippen molar-refractivity contribution in [3.05, 3.63) is 0 Å². The predicted molar refractivity (Wildman–Crippen MR) is 40.5 cm³/mol. The molecule has 0 heterocycles. The first-order valence-corrected chi connectivity index (χ1v) is 3.67. The largest absolute Gasteiger partial charge is 0.415 e. The number of rotatable bonds is 2. The second kappa shape index (κ2) is 4.96. The van der Waals surface area contributed by atoms with Crippen molar-refractivity contribution < 1.29 is 14.3 Å². The van der Waals surface area contributed by atoms with E-state index >= 15 is 0 Å². The molecule has 0 rings (SSSR count). The summed E-state index contributed by atoms with van der Waals surface area (Å²) in [5.74, 6) is -1.06. The van der Waals surface area contributed by atoms with Gasteiger partial charge in [0.25, 0.3) is 0 Å². The van der Waals surface area contributed by atoms with Gasteiger partial charge in [-0.15, -0.1) is 11.6 Å². The van der Waals surface area contributed by atoms with Crippen LogP contribution in [0, 0.1) is 0 Å². The number of esters is 1. The molecular weight excluding hydrogens is 170 g/mol. The summed E-state index contributed by atoms with van der Waals surface area (Å²) in [5.41, 5.74) is 0. The van der Waals surface area contributed by atoms with Gasteiger partial charge in [0.05, 0.1) is 0 Å². The van der Waals surface area contributed by atoms with E-state index in [1.54, 1.807) is 13.8 Å². The number of hydrogen-bond donors (Lipinski definition) is 1. The number of ether oxygens (including phenoxy) is 1. The summed E-state index contributed by atoms with van der Waals surface area (Å²) in [6, 6.07) is -0.0503. The molecule has 1 amide bonds. The van der Waals surface area contributed by atoms with E-state index in [0.717, 1.165) is 0 Å². The molecule has 4 nitrogen and oxygen atoms in total. The number of amides is 1. The molecule has 0 atom stereocenters. The van der Waals surface area contributed by atoms with Crippen LogP contribution in [0.1, 0.15) is 13.8 Å². The molecule has 0 aromatic carbocycles. The molecule has 1 N–H and O–H groups in total. The van der Waals surface area contributed by atoms with Gasteiger partial charge < -0.3 is 10.1 Å². The fraction of sp³-hybridized carbons (Fsp3) is 0.667. The van der Waals surface area contributed by atoms with Crippen LogP contribution < -0.4 is 5.32 Å². The zero-order valence-electron chi connectivity index (χ0n) is 6.39. The Morgan fingerprint density at radius 2 is 2.09 bits per heavy atom. The monoisotopic (exact) mass is 179 g/mol. The van der Waals surface area contributed by atoms with Crippen molar-refractivity contribution in [3.8, 4) is 0 Å². The minimum Gasteiger partial charge on any atom is -0.375 e. The minimum atomic E-state index is -0.759. The number of carbonyl (C=O) groups excluding carboxylic acids is 2. The lowest BCUT2D eigenvalue weighted by atomic mass is 10.4. The van der Waals surface area contributed by atoms with E-state index < -0.39 is 12.1 Å². The summed E-state index contributed by atoms with van der Waals surface area (Å²) in [7, 11) is 0. The van der Waals surface area contributed by atoms with E-state index in [-0.39, 0.29) is 11.9 Å². The number of halogens is 1. The van der Waals surface area contributed by atoms with E-state index in [9.17, 15) is 9.59 Å². The molecular formula is C6H10ClNO3. The summed E-state index contributed by atoms with van der Waals surface area (Å²) in [6.07, 6.45) is -0.759. The average Bonchev–Trinajstić information content (AvgIpc) is 1.85. The number of carbonyl (C=O) groups is 2. The van der Waals surface area contributed by atoms with Crippen LogP contribution >= 0.6 is 11.6 Å². The second-order valence-electron chi connectivity index (χ2n) is 2.19. The molecule has 5 heteroatoms. The Balaban J connectivity index is 3.61. The van der Waals surface area contributed by atoms with Crippen molar-refractivity contribution in [2.75, 3.05) is 5.88 Å². The Morgan fingerprint density at radius 3 is 2.45 bits per heavy atom. The van der Waals surface area contributed by atoms with Crippen molar-refractivity contribution in [2.45, 2.75) is 19.9 Å². The van der Waals surface area contributed by atoms with Gasteiger partial charge in [-0.1, -0.05) is 0 Å². The smallest absolute Gasteiger partial charge is 0.375 e. The third-order valence-corrected chi connectivity index (χ3v) is 0.940. The first-order valence-electron chi connectivity index (χ1n) is 3.13. The first-order chi connectivity index (χ1) is 5.06. The SMILES string of the molecule is CC(C)NC(=O)OC(=O)CCl. The van der Waals surface area contributed by atoms with Crippen molar-refractivity contribution in [1.82, 2.24) is 5.32 Å². The Morgan fingerprint density at radius 1 is 1.55 bits per heavy atom. The third kappa shape index (κ3) is 5.66. The van der Waals surface area contributed by atoms with Gasteiger partial charge in [-0.05, 0) is 13.8 Å². The van der Waals surface area contributed by atoms with Crippen molar-refractivity contribution in [2.24, 2.45) is 0 Å². The number of alkyl carbamates (subject to hydrolysis) is 1. The summed E-state index contributed by atoms with van der Waals surface area (Å²) in [6.45, 7) is 3.51. The summed E-state index contributed by atoms with van der Waals surface area (Å²) in [4.78, 5) is 21.0. The zero-order valence-corrected chi connectivity index (χ0v) is 7.14. The van der Waals surface area contributed by atoms with E-state index in [1.165, 1.54) is 0 Å². The van der Waals surface area contributed by atoms with E-state index in [0.29, 0.717) is 0 Å². The van der Waals surface area contributed by atoms with Gasteiger partial charge in [-0.2, -0.15) is 0 Å². The van der Waals surface area contributed by atoms with E-state index in [1.807, 2.05) is 0 Å². The van der Waals surface area contributed by atoms with E-state index in [2.05, 4.69) is 10.1 Å². The normalized spacial score (nSPS) is 9.45. The quantitative estimate of drug-likeness (QED) is 0.389. The molecule has 0 aliphatic heterocycles. The van der Waals surface area contributed by atoms with Crippen molar-refractivity contribution in [3.63, 3.8) is 0 Å². The van der Waals surface area contributed by atoms with Gasteiger partial charge in [-0.25, -0.2) is 4.79 Å². The summed E-state index contributed by atoms with van der Waals surface area (Å²) in [5, 5.41) is 2.37. The Hall–Kier alpha value is -0.770. The van der Waals surface area contributed by atoms with Crippen LogP contribution in [0.2, 0.25) is 0 Å². The second-order valence-corrected chi connectivity index (χ2v) is 2.46. The topological polar surface area (TPSA) is 55.4 Å². The highest BCUT2D eigenvalue weighted by atomic mass is 35.5. The molecule has 0 aromatic rings. The molecule has 64 valence electrons. The lowest BCUT2D eigenvalue weighted by molar-refractivity contribution is -0.134. The van der Waals surface area contributed by atoms with Gasteiger partial charge in [-0.3, -0.25) is 4.79 Å². The molecule has 0 bridgehead atoms. The maximum Gasteiger partial charge on any atom is 0.415 e. The lowest BCUT2D eigenvalue weighted by Crippen LogP contribution is -2.32. The van der Waals surface area contributed by atoms with Crippen LogP contribution in [-0.4, -0.2) is 24.0 Å². The fourth-order valence-corrected chi connectivity index (χ4v) is 0.450. The van der Waals surface area contributed by atoms with Crippen LogP contribution in [0.4, 0.5) is 4.79 Å². The van der Waals surface area contributed by atoms with Crippen molar-refractivity contribution in [1.29, 1.82) is 0 Å². The molecule has 0 unspecified atom stereocenters. The van der Waals surface area contributed by atoms with Crippen LogP contribution in [0.3, 0.4) is 0 Å². The zero-order chi connectivity index (χ0) is 8.85. The third-order valence-electron chi connectivity index (χ3n) is 0.722. The van der Waals surface area contributed by atoms with Gasteiger partial charge in [0, 0.05) is 6.04 Å². The highest BCUT2D eigenvalue weighted by Crippen LogP contribution is 1.85. The highest BCUT2D eigenvalue weighted by molar-refractivity contribution is 6.26. The summed E-state index contributed by atoms with van der Waals surface area (Å²) < 4.78 is 4.19. The molecule has 0 aliphatic carbocycles. The lowest BCUT2D eigenvalue weighted by Gasteiger charge is -2.06. The van der Waals surface area contributed by atoms with Crippen LogP contribution in [0.25, 0.3) is 0 Å². The summed E-state index contributed by atoms with van der Waals surface area (Å²) >= 11 is 5.08. The molecule has 0 fully saturated rings. The Bertz CT molecular complexity index is 158. The molecule has 0 saturated heterocycles. The molecule has 0 aliphatic rings. The molecule has 0 aromatic heterocycles. The fourth-order valence-electron chi connectivity index (χ4n) is 0.396. The number of alkyl halides is 1. The number of hydrogen-bond acceptors (Lipinski definition) is 3. The van der Waals surface area contributed by atoms with Gasteiger partial charge in [0.1, 0.15) is 5.88 Å². The molecule has 11 heavy (non-hydrogen) atoms. The molecule has 0 spiro atoms. The number of nitrogens with one attached hydrogen (secondary N) is 1. The standard InChI is InChI=1S/C6H10ClNO3/c1-4(2)8-6(10)11-5(9)3-7/h4H,3H2,1-2H3,(H,8,10). The van der Waals surface area contributed by atoms with Gasteiger partial charge in [0.2, 0.25) is 0 Å².